The van der Waals surface area contributed by atoms with Crippen LogP contribution in [0.25, 0.3) is 0 Å². The van der Waals surface area contributed by atoms with Crippen molar-refractivity contribution in [3.05, 3.63) is 0 Å². The van der Waals surface area contributed by atoms with E-state index in [2.05, 4.69) is 48.5 Å². The van der Waals surface area contributed by atoms with Crippen LogP contribution in [0.2, 0.25) is 0 Å². The van der Waals surface area contributed by atoms with Crippen molar-refractivity contribution in [1.29, 1.82) is 0 Å². The zero-order chi connectivity index (χ0) is 8.48. The summed E-state index contributed by atoms with van der Waals surface area (Å²) < 4.78 is 5.91. The molecule has 3 heteroatoms. The van der Waals surface area contributed by atoms with E-state index in [1.54, 1.807) is 0 Å². The molecule has 0 heterocycles. The van der Waals surface area contributed by atoms with Gasteiger partial charge in [-0.1, -0.05) is 22.6 Å². The molecule has 0 spiro atoms. The predicted molar refractivity (Wildman–Crippen MR) is 55.1 cm³/mol. The Labute approximate surface area is 82.4 Å². The topological polar surface area (TPSA) is 12.5 Å². The Hall–Kier alpha value is 0.650. The fourth-order valence-corrected chi connectivity index (χ4v) is 1.31. The number of halogens is 1. The normalized spacial score (nSPS) is 23.7. The van der Waals surface area contributed by atoms with E-state index in [0.29, 0.717) is 9.65 Å². The monoisotopic (exact) mass is 269 g/mol. The Morgan fingerprint density at radius 1 is 1.55 bits per heavy atom. The summed E-state index contributed by atoms with van der Waals surface area (Å²) in [5.41, 5.74) is 0.388. The van der Waals surface area contributed by atoms with Crippen LogP contribution in [0.4, 0.5) is 0 Å². The summed E-state index contributed by atoms with van der Waals surface area (Å²) in [6.45, 7) is 2.97. The first-order chi connectivity index (χ1) is 5.07. The van der Waals surface area contributed by atoms with Crippen LogP contribution < -0.4 is 0 Å². The Morgan fingerprint density at radius 3 is 2.36 bits per heavy atom. The van der Waals surface area contributed by atoms with Crippen molar-refractivity contribution >= 4 is 22.6 Å². The number of ether oxygens (including phenoxy) is 1. The zero-order valence-electron chi connectivity index (χ0n) is 7.43. The van der Waals surface area contributed by atoms with Gasteiger partial charge in [-0.15, -0.1) is 0 Å². The molecule has 2 nitrogen and oxygen atoms in total. The molecule has 1 aliphatic rings. The molecular formula is C8H16INO. The maximum atomic E-state index is 5.58. The fourth-order valence-electron chi connectivity index (χ4n) is 1.13. The molecule has 0 aliphatic heterocycles. The lowest BCUT2D eigenvalue weighted by atomic mass is 10.3. The van der Waals surface area contributed by atoms with E-state index in [-0.39, 0.29) is 0 Å². The smallest absolute Gasteiger partial charge is 0.106 e. The number of rotatable bonds is 4. The third-order valence-corrected chi connectivity index (χ3v) is 2.72. The Bertz CT molecular complexity index is 132. The lowest BCUT2D eigenvalue weighted by Gasteiger charge is -2.24. The summed E-state index contributed by atoms with van der Waals surface area (Å²) >= 11 is 2.29. The van der Waals surface area contributed by atoms with Gasteiger partial charge < -0.3 is 9.64 Å². The van der Waals surface area contributed by atoms with Gasteiger partial charge in [0.2, 0.25) is 0 Å². The zero-order valence-corrected chi connectivity index (χ0v) is 9.59. The highest BCUT2D eigenvalue weighted by atomic mass is 127. The Kier molecular flexibility index (Phi) is 3.17. The number of alkyl halides is 1. The predicted octanol–water partition coefficient (Wildman–Crippen LogP) is 1.88. The molecule has 0 aromatic heterocycles. The summed E-state index contributed by atoms with van der Waals surface area (Å²) in [7, 11) is 4.27. The van der Waals surface area contributed by atoms with Gasteiger partial charge in [0.25, 0.3) is 0 Å². The molecule has 0 N–H and O–H groups in total. The van der Waals surface area contributed by atoms with Crippen LogP contribution in [0.3, 0.4) is 0 Å². The maximum absolute atomic E-state index is 5.58. The fraction of sp³-hybridized carbons (Fsp3) is 1.00. The van der Waals surface area contributed by atoms with Gasteiger partial charge in [0, 0.05) is 5.54 Å². The van der Waals surface area contributed by atoms with E-state index in [4.69, 9.17) is 4.74 Å². The molecule has 1 saturated carbocycles. The van der Waals surface area contributed by atoms with Crippen LogP contribution in [0, 0.1) is 0 Å². The molecule has 0 bridgehead atoms. The lowest BCUT2D eigenvalue weighted by molar-refractivity contribution is 0.0674. The van der Waals surface area contributed by atoms with Gasteiger partial charge in [0.05, 0.1) is 6.61 Å². The average molecular weight is 269 g/mol. The lowest BCUT2D eigenvalue weighted by Crippen LogP contribution is -2.35. The largest absolute Gasteiger partial charge is 0.366 e. The SMILES string of the molecule is CC(I)OCC1(N(C)C)CC1. The van der Waals surface area contributed by atoms with Gasteiger partial charge in [0.15, 0.2) is 0 Å². The van der Waals surface area contributed by atoms with Crippen LogP contribution in [0.15, 0.2) is 0 Å². The average Bonchev–Trinajstić information content (AvgIpc) is 2.63. The number of hydrogen-bond acceptors (Lipinski definition) is 2. The quantitative estimate of drug-likeness (QED) is 0.570. The second-order valence-electron chi connectivity index (χ2n) is 3.47. The van der Waals surface area contributed by atoms with E-state index in [1.165, 1.54) is 12.8 Å². The molecule has 66 valence electrons. The molecule has 0 radical (unpaired) electrons. The van der Waals surface area contributed by atoms with E-state index in [0.717, 1.165) is 6.61 Å². The van der Waals surface area contributed by atoms with Gasteiger partial charge in [-0.3, -0.25) is 0 Å². The van der Waals surface area contributed by atoms with Gasteiger partial charge in [0.1, 0.15) is 4.11 Å². The minimum atomic E-state index is 0.338. The minimum Gasteiger partial charge on any atom is -0.366 e. The molecular weight excluding hydrogens is 253 g/mol. The summed E-state index contributed by atoms with van der Waals surface area (Å²) in [6, 6.07) is 0. The van der Waals surface area contributed by atoms with E-state index in [9.17, 15) is 0 Å². The van der Waals surface area contributed by atoms with Crippen LogP contribution in [-0.2, 0) is 4.74 Å². The van der Waals surface area contributed by atoms with E-state index < -0.39 is 0 Å². The van der Waals surface area contributed by atoms with Crippen molar-refractivity contribution < 1.29 is 4.74 Å². The highest BCUT2D eigenvalue weighted by Gasteiger charge is 2.45. The first-order valence-corrected chi connectivity index (χ1v) is 5.24. The second-order valence-corrected chi connectivity index (χ2v) is 5.23. The molecule has 0 amide bonds. The second kappa shape index (κ2) is 3.58. The number of likely N-dealkylation sites (N-methyl/N-ethyl adjacent to an activating group) is 1. The number of hydrogen-bond donors (Lipinski definition) is 0. The van der Waals surface area contributed by atoms with Crippen molar-refractivity contribution in [2.24, 2.45) is 0 Å². The Morgan fingerprint density at radius 2 is 2.09 bits per heavy atom. The molecule has 1 rings (SSSR count). The van der Waals surface area contributed by atoms with Crippen molar-refractivity contribution in [3.8, 4) is 0 Å². The third-order valence-electron chi connectivity index (χ3n) is 2.36. The first kappa shape index (κ1) is 9.74. The van der Waals surface area contributed by atoms with Crippen molar-refractivity contribution in [2.45, 2.75) is 29.4 Å². The van der Waals surface area contributed by atoms with Crippen molar-refractivity contribution in [3.63, 3.8) is 0 Å². The molecule has 1 aliphatic carbocycles. The molecule has 0 aromatic rings. The van der Waals surface area contributed by atoms with Crippen LogP contribution >= 0.6 is 22.6 Å². The summed E-state index contributed by atoms with van der Waals surface area (Å²) in [6.07, 6.45) is 2.59. The summed E-state index contributed by atoms with van der Waals surface area (Å²) in [4.78, 5) is 2.28. The van der Waals surface area contributed by atoms with Crippen molar-refractivity contribution in [2.75, 3.05) is 20.7 Å². The van der Waals surface area contributed by atoms with E-state index in [1.807, 2.05) is 0 Å². The van der Waals surface area contributed by atoms with Crippen LogP contribution in [0.1, 0.15) is 19.8 Å². The summed E-state index contributed by atoms with van der Waals surface area (Å²) in [5.74, 6) is 0. The molecule has 11 heavy (non-hydrogen) atoms. The number of nitrogens with zero attached hydrogens (tertiary/aromatic N) is 1. The highest BCUT2D eigenvalue weighted by molar-refractivity contribution is 14.1. The maximum Gasteiger partial charge on any atom is 0.106 e. The van der Waals surface area contributed by atoms with Gasteiger partial charge in [-0.25, -0.2) is 0 Å². The molecule has 1 unspecified atom stereocenters. The standard InChI is InChI=1S/C8H16INO/c1-7(9)11-6-8(4-5-8)10(2)3/h7H,4-6H2,1-3H3. The highest BCUT2D eigenvalue weighted by Crippen LogP contribution is 2.40. The minimum absolute atomic E-state index is 0.338. The molecule has 1 atom stereocenters. The third kappa shape index (κ3) is 2.56. The van der Waals surface area contributed by atoms with Crippen LogP contribution in [-0.4, -0.2) is 35.3 Å². The van der Waals surface area contributed by atoms with Gasteiger partial charge >= 0.3 is 0 Å². The summed E-state index contributed by atoms with van der Waals surface area (Å²) in [5, 5.41) is 0. The molecule has 1 fully saturated rings. The van der Waals surface area contributed by atoms with Crippen LogP contribution in [0.5, 0.6) is 0 Å². The molecule has 0 saturated heterocycles. The first-order valence-electron chi connectivity index (χ1n) is 4.00. The van der Waals surface area contributed by atoms with Gasteiger partial charge in [-0.2, -0.15) is 0 Å². The molecule has 0 aromatic carbocycles. The van der Waals surface area contributed by atoms with Gasteiger partial charge in [-0.05, 0) is 33.9 Å². The Balaban J connectivity index is 2.25. The van der Waals surface area contributed by atoms with Crippen molar-refractivity contribution in [1.82, 2.24) is 4.90 Å². The van der Waals surface area contributed by atoms with E-state index >= 15 is 0 Å².